The lowest BCUT2D eigenvalue weighted by atomic mass is 9.78. The van der Waals surface area contributed by atoms with Crippen LogP contribution in [0.25, 0.3) is 0 Å². The molecule has 0 saturated heterocycles. The molecule has 0 aromatic carbocycles. The van der Waals surface area contributed by atoms with Gasteiger partial charge < -0.3 is 0 Å². The molecule has 1 rings (SSSR count). The fourth-order valence-electron chi connectivity index (χ4n) is 2.09. The van der Waals surface area contributed by atoms with Crippen LogP contribution in [0.4, 0.5) is 4.48 Å². The van der Waals surface area contributed by atoms with Crippen molar-refractivity contribution < 1.29 is 4.48 Å². The summed E-state index contributed by atoms with van der Waals surface area (Å²) in [4.78, 5) is 0. The highest BCUT2D eigenvalue weighted by atomic mass is 19.2. The summed E-state index contributed by atoms with van der Waals surface area (Å²) in [6, 6.07) is 0.128. The average Bonchev–Trinajstić information content (AvgIpc) is 2.04. The summed E-state index contributed by atoms with van der Waals surface area (Å²) in [7, 11) is 0. The van der Waals surface area contributed by atoms with Gasteiger partial charge in [0.15, 0.2) is 0 Å². The van der Waals surface area contributed by atoms with Crippen molar-refractivity contribution in [2.45, 2.75) is 45.6 Å². The first-order chi connectivity index (χ1) is 5.25. The highest BCUT2D eigenvalue weighted by Crippen LogP contribution is 2.29. The summed E-state index contributed by atoms with van der Waals surface area (Å²) in [5.41, 5.74) is 1.94. The van der Waals surface area contributed by atoms with Crippen LogP contribution >= 0.6 is 0 Å². The van der Waals surface area contributed by atoms with E-state index in [2.05, 4.69) is 13.8 Å². The molecule has 2 atom stereocenters. The van der Waals surface area contributed by atoms with E-state index in [1.54, 1.807) is 0 Å². The summed E-state index contributed by atoms with van der Waals surface area (Å²) in [5.74, 6) is 1.16. The largest absolute Gasteiger partial charge is 0.156 e. The molecule has 0 aromatic heterocycles. The van der Waals surface area contributed by atoms with Gasteiger partial charge in [0, 0.05) is 6.04 Å². The third kappa shape index (κ3) is 2.16. The number of hydrogen-bond donors (Lipinski definition) is 1. The van der Waals surface area contributed by atoms with Crippen molar-refractivity contribution in [2.75, 3.05) is 0 Å². The van der Waals surface area contributed by atoms with E-state index < -0.39 is 0 Å². The second-order valence-corrected chi connectivity index (χ2v) is 3.91. The van der Waals surface area contributed by atoms with E-state index in [1.165, 1.54) is 19.3 Å². The van der Waals surface area contributed by atoms with Crippen molar-refractivity contribution in [3.05, 3.63) is 0 Å². The molecule has 1 aliphatic rings. The zero-order valence-electron chi connectivity index (χ0n) is 7.44. The Morgan fingerprint density at radius 2 is 1.91 bits per heavy atom. The first-order valence-corrected chi connectivity index (χ1v) is 4.62. The van der Waals surface area contributed by atoms with Gasteiger partial charge in [0.25, 0.3) is 0 Å². The van der Waals surface area contributed by atoms with Crippen LogP contribution in [0.5, 0.6) is 0 Å². The summed E-state index contributed by atoms with van der Waals surface area (Å²) >= 11 is 0. The number of nitrogens with one attached hydrogen (secondary N) is 1. The third-order valence-corrected chi connectivity index (χ3v) is 2.82. The standard InChI is InChI=1S/C9H18FN/c1-7(2)8-5-3-4-6-9(8)11-10/h7-9,11H,3-6H2,1-2H3. The van der Waals surface area contributed by atoms with Crippen molar-refractivity contribution in [1.29, 1.82) is 0 Å². The molecule has 1 fully saturated rings. The van der Waals surface area contributed by atoms with Crippen LogP contribution < -0.4 is 5.54 Å². The second kappa shape index (κ2) is 4.05. The van der Waals surface area contributed by atoms with Crippen LogP contribution in [0.2, 0.25) is 0 Å². The lowest BCUT2D eigenvalue weighted by Gasteiger charge is -2.32. The summed E-state index contributed by atoms with van der Waals surface area (Å²) < 4.78 is 12.2. The van der Waals surface area contributed by atoms with Crippen LogP contribution in [-0.2, 0) is 0 Å². The first-order valence-electron chi connectivity index (χ1n) is 4.62. The molecular formula is C9H18FN. The summed E-state index contributed by atoms with van der Waals surface area (Å²) in [5, 5.41) is 0. The Morgan fingerprint density at radius 1 is 1.27 bits per heavy atom. The molecule has 0 spiro atoms. The lowest BCUT2D eigenvalue weighted by molar-refractivity contribution is 0.135. The zero-order chi connectivity index (χ0) is 8.27. The van der Waals surface area contributed by atoms with E-state index >= 15 is 0 Å². The summed E-state index contributed by atoms with van der Waals surface area (Å²) in [6.45, 7) is 4.36. The Labute approximate surface area is 68.3 Å². The molecule has 0 aliphatic heterocycles. The first kappa shape index (κ1) is 8.98. The maximum Gasteiger partial charge on any atom is 0.0402 e. The molecule has 2 heteroatoms. The van der Waals surface area contributed by atoms with Gasteiger partial charge in [0.2, 0.25) is 0 Å². The van der Waals surface area contributed by atoms with E-state index in [1.807, 2.05) is 5.54 Å². The lowest BCUT2D eigenvalue weighted by Crippen LogP contribution is -2.36. The van der Waals surface area contributed by atoms with E-state index in [9.17, 15) is 4.48 Å². The minimum Gasteiger partial charge on any atom is -0.156 e. The Kier molecular flexibility index (Phi) is 3.31. The molecule has 0 heterocycles. The van der Waals surface area contributed by atoms with Crippen molar-refractivity contribution in [3.63, 3.8) is 0 Å². The van der Waals surface area contributed by atoms with Crippen LogP contribution in [-0.4, -0.2) is 6.04 Å². The van der Waals surface area contributed by atoms with E-state index in [-0.39, 0.29) is 6.04 Å². The smallest absolute Gasteiger partial charge is 0.0402 e. The molecule has 1 aliphatic carbocycles. The number of rotatable bonds is 2. The van der Waals surface area contributed by atoms with Crippen LogP contribution in [0.15, 0.2) is 0 Å². The van der Waals surface area contributed by atoms with Gasteiger partial charge in [-0.25, -0.2) is 0 Å². The van der Waals surface area contributed by atoms with Gasteiger partial charge in [0.05, 0.1) is 0 Å². The van der Waals surface area contributed by atoms with Crippen LogP contribution in [0.3, 0.4) is 0 Å². The Hall–Kier alpha value is -0.110. The minimum absolute atomic E-state index is 0.128. The average molecular weight is 159 g/mol. The number of halogens is 1. The Bertz CT molecular complexity index is 114. The minimum atomic E-state index is 0.128. The monoisotopic (exact) mass is 159 g/mol. The molecule has 0 bridgehead atoms. The van der Waals surface area contributed by atoms with Crippen LogP contribution in [0.1, 0.15) is 39.5 Å². The highest BCUT2D eigenvalue weighted by Gasteiger charge is 2.26. The van der Waals surface area contributed by atoms with Crippen molar-refractivity contribution in [3.8, 4) is 0 Å². The van der Waals surface area contributed by atoms with Gasteiger partial charge in [-0.2, -0.15) is 5.54 Å². The number of hydrogen-bond acceptors (Lipinski definition) is 1. The molecule has 1 N–H and O–H groups in total. The molecule has 11 heavy (non-hydrogen) atoms. The van der Waals surface area contributed by atoms with Gasteiger partial charge in [-0.15, -0.1) is 4.48 Å². The van der Waals surface area contributed by atoms with Gasteiger partial charge >= 0.3 is 0 Å². The fraction of sp³-hybridized carbons (Fsp3) is 1.00. The molecule has 0 aromatic rings. The molecule has 0 radical (unpaired) electrons. The predicted octanol–water partition coefficient (Wildman–Crippen LogP) is 2.68. The maximum absolute atomic E-state index is 12.2. The van der Waals surface area contributed by atoms with Gasteiger partial charge in [-0.1, -0.05) is 26.7 Å². The topological polar surface area (TPSA) is 12.0 Å². The normalized spacial score (nSPS) is 32.7. The van der Waals surface area contributed by atoms with Gasteiger partial charge in [-0.05, 0) is 24.7 Å². The Balaban J connectivity index is 2.44. The molecule has 2 unspecified atom stereocenters. The highest BCUT2D eigenvalue weighted by molar-refractivity contribution is 4.80. The predicted molar refractivity (Wildman–Crippen MR) is 44.8 cm³/mol. The molecule has 0 amide bonds. The molecular weight excluding hydrogens is 141 g/mol. The fourth-order valence-corrected chi connectivity index (χ4v) is 2.09. The van der Waals surface area contributed by atoms with E-state index in [0.717, 1.165) is 6.42 Å². The van der Waals surface area contributed by atoms with Crippen LogP contribution in [0, 0.1) is 11.8 Å². The van der Waals surface area contributed by atoms with Gasteiger partial charge in [0.1, 0.15) is 0 Å². The summed E-state index contributed by atoms with van der Waals surface area (Å²) in [6.07, 6.45) is 4.67. The molecule has 1 nitrogen and oxygen atoms in total. The molecule has 66 valence electrons. The van der Waals surface area contributed by atoms with Gasteiger partial charge in [-0.3, -0.25) is 0 Å². The SMILES string of the molecule is CC(C)C1CCCCC1NF. The molecule has 1 saturated carbocycles. The van der Waals surface area contributed by atoms with Crippen molar-refractivity contribution >= 4 is 0 Å². The quantitative estimate of drug-likeness (QED) is 0.611. The van der Waals surface area contributed by atoms with Crippen molar-refractivity contribution in [2.24, 2.45) is 11.8 Å². The van der Waals surface area contributed by atoms with E-state index in [0.29, 0.717) is 11.8 Å². The Morgan fingerprint density at radius 3 is 2.36 bits per heavy atom. The van der Waals surface area contributed by atoms with E-state index in [4.69, 9.17) is 0 Å². The van der Waals surface area contributed by atoms with Crippen molar-refractivity contribution in [1.82, 2.24) is 5.54 Å². The zero-order valence-corrected chi connectivity index (χ0v) is 7.44. The second-order valence-electron chi connectivity index (χ2n) is 3.91. The maximum atomic E-state index is 12.2. The third-order valence-electron chi connectivity index (χ3n) is 2.82.